The Labute approximate surface area is 202 Å². The minimum absolute atomic E-state index is 0.0583. The molecule has 0 aromatic heterocycles. The van der Waals surface area contributed by atoms with Gasteiger partial charge in [0.15, 0.2) is 6.10 Å². The molecule has 2 heterocycles. The molecule has 34 heavy (non-hydrogen) atoms. The van der Waals surface area contributed by atoms with Crippen molar-refractivity contribution in [3.05, 3.63) is 29.3 Å². The van der Waals surface area contributed by atoms with Gasteiger partial charge >= 0.3 is 5.97 Å². The summed E-state index contributed by atoms with van der Waals surface area (Å²) in [6.45, 7) is 6.91. The van der Waals surface area contributed by atoms with Crippen LogP contribution in [0.5, 0.6) is 0 Å². The lowest BCUT2D eigenvalue weighted by molar-refractivity contribution is -0.167. The lowest BCUT2D eigenvalue weighted by Gasteiger charge is -2.36. The molecule has 1 aromatic rings. The van der Waals surface area contributed by atoms with Crippen LogP contribution in [0.4, 0.5) is 0 Å². The van der Waals surface area contributed by atoms with Crippen LogP contribution in [0.15, 0.2) is 23.1 Å². The summed E-state index contributed by atoms with van der Waals surface area (Å²) in [5.41, 5.74) is 2.38. The first kappa shape index (κ1) is 25.1. The molecule has 0 N–H and O–H groups in total. The van der Waals surface area contributed by atoms with Crippen molar-refractivity contribution in [3.63, 3.8) is 0 Å². The third kappa shape index (κ3) is 5.47. The number of carbonyl (C=O) groups excluding carboxylic acids is 2. The van der Waals surface area contributed by atoms with Gasteiger partial charge in [-0.15, -0.1) is 0 Å². The van der Waals surface area contributed by atoms with Crippen LogP contribution in [0, 0.1) is 5.92 Å². The van der Waals surface area contributed by atoms with Crippen molar-refractivity contribution in [2.75, 3.05) is 26.2 Å². The number of carbonyl (C=O) groups is 2. The van der Waals surface area contributed by atoms with Gasteiger partial charge in [-0.1, -0.05) is 6.07 Å². The monoisotopic (exact) mass is 492 g/mol. The summed E-state index contributed by atoms with van der Waals surface area (Å²) in [7, 11) is -3.60. The van der Waals surface area contributed by atoms with E-state index in [0.717, 1.165) is 31.2 Å². The summed E-state index contributed by atoms with van der Waals surface area (Å²) >= 11 is 0. The maximum absolute atomic E-state index is 13.2. The summed E-state index contributed by atoms with van der Waals surface area (Å²) in [5.74, 6) is -1.06. The van der Waals surface area contributed by atoms with E-state index < -0.39 is 28.0 Å². The van der Waals surface area contributed by atoms with E-state index in [9.17, 15) is 18.0 Å². The molecule has 1 amide bonds. The van der Waals surface area contributed by atoms with Gasteiger partial charge in [0.2, 0.25) is 10.0 Å². The van der Waals surface area contributed by atoms with Crippen molar-refractivity contribution in [1.82, 2.24) is 9.21 Å². The number of morpholine rings is 1. The Morgan fingerprint density at radius 1 is 1.03 bits per heavy atom. The van der Waals surface area contributed by atoms with Crippen molar-refractivity contribution in [2.24, 2.45) is 5.92 Å². The number of aryl methyl sites for hydroxylation is 2. The molecule has 0 spiro atoms. The average Bonchev–Trinajstić information content (AvgIpc) is 2.82. The van der Waals surface area contributed by atoms with Gasteiger partial charge in [0.25, 0.3) is 5.91 Å². The van der Waals surface area contributed by atoms with Gasteiger partial charge in [0.05, 0.1) is 23.0 Å². The zero-order valence-electron chi connectivity index (χ0n) is 20.4. The number of ether oxygens (including phenoxy) is 2. The zero-order valence-corrected chi connectivity index (χ0v) is 21.2. The smallest absolute Gasteiger partial charge is 0.309 e. The molecule has 4 rings (SSSR count). The lowest BCUT2D eigenvalue weighted by Crippen LogP contribution is -2.51. The van der Waals surface area contributed by atoms with Crippen LogP contribution in [0.3, 0.4) is 0 Å². The van der Waals surface area contributed by atoms with Gasteiger partial charge in [0.1, 0.15) is 0 Å². The molecule has 188 valence electrons. The van der Waals surface area contributed by atoms with Crippen molar-refractivity contribution in [3.8, 4) is 0 Å². The van der Waals surface area contributed by atoms with Crippen LogP contribution in [-0.2, 0) is 41.9 Å². The number of amides is 1. The fourth-order valence-electron chi connectivity index (χ4n) is 5.29. The fraction of sp³-hybridized carbons (Fsp3) is 0.680. The molecule has 3 unspecified atom stereocenters. The van der Waals surface area contributed by atoms with E-state index >= 15 is 0 Å². The highest BCUT2D eigenvalue weighted by atomic mass is 32.2. The maximum atomic E-state index is 13.2. The highest BCUT2D eigenvalue weighted by Crippen LogP contribution is 2.28. The molecule has 3 aliphatic rings. The Kier molecular flexibility index (Phi) is 7.64. The van der Waals surface area contributed by atoms with Gasteiger partial charge in [-0.2, -0.15) is 4.31 Å². The summed E-state index contributed by atoms with van der Waals surface area (Å²) in [6, 6.07) is 5.48. The normalized spacial score (nSPS) is 25.4. The highest BCUT2D eigenvalue weighted by Gasteiger charge is 2.36. The Bertz CT molecular complexity index is 1010. The average molecular weight is 493 g/mol. The first-order valence-electron chi connectivity index (χ1n) is 12.4. The molecule has 2 fully saturated rings. The molecule has 0 saturated carbocycles. The molecule has 1 aromatic carbocycles. The van der Waals surface area contributed by atoms with E-state index in [1.165, 1.54) is 9.87 Å². The van der Waals surface area contributed by atoms with Gasteiger partial charge < -0.3 is 14.4 Å². The largest absolute Gasteiger partial charge is 0.452 e. The number of esters is 1. The first-order chi connectivity index (χ1) is 16.1. The predicted octanol–water partition coefficient (Wildman–Crippen LogP) is 2.53. The number of nitrogens with zero attached hydrogens (tertiary/aromatic N) is 2. The number of benzene rings is 1. The van der Waals surface area contributed by atoms with E-state index in [1.807, 2.05) is 26.0 Å². The van der Waals surface area contributed by atoms with E-state index in [4.69, 9.17) is 9.47 Å². The number of rotatable bonds is 5. The van der Waals surface area contributed by atoms with E-state index in [0.29, 0.717) is 30.8 Å². The number of hydrogen-bond donors (Lipinski definition) is 0. The second-order valence-electron chi connectivity index (χ2n) is 9.90. The molecule has 0 bridgehead atoms. The minimum atomic E-state index is -3.60. The predicted molar refractivity (Wildman–Crippen MR) is 127 cm³/mol. The molecule has 2 aliphatic heterocycles. The molecular weight excluding hydrogens is 456 g/mol. The number of hydrogen-bond acceptors (Lipinski definition) is 6. The standard InChI is InChI=1S/C25H36N2O6S/c1-17-15-26(16-18(2)32-17)24(28)19(3)33-25(29)21-10-12-27(13-11-21)34(30,31)23-9-8-20-6-4-5-7-22(20)14-23/h8-9,14,17-19,21H,4-7,10-13,15-16H2,1-3H3. The van der Waals surface area contributed by atoms with E-state index in [-0.39, 0.29) is 31.2 Å². The summed E-state index contributed by atoms with van der Waals surface area (Å²) in [6.07, 6.45) is 3.95. The van der Waals surface area contributed by atoms with Crippen LogP contribution >= 0.6 is 0 Å². The number of piperidine rings is 1. The maximum Gasteiger partial charge on any atom is 0.309 e. The molecule has 0 radical (unpaired) electrons. The summed E-state index contributed by atoms with van der Waals surface area (Å²) in [4.78, 5) is 27.5. The van der Waals surface area contributed by atoms with Crippen LogP contribution in [0.25, 0.3) is 0 Å². The van der Waals surface area contributed by atoms with Crippen LogP contribution in [-0.4, -0.2) is 74.0 Å². The van der Waals surface area contributed by atoms with E-state index in [2.05, 4.69) is 0 Å². The highest BCUT2D eigenvalue weighted by molar-refractivity contribution is 7.89. The number of sulfonamides is 1. The van der Waals surface area contributed by atoms with E-state index in [1.54, 1.807) is 17.9 Å². The van der Waals surface area contributed by atoms with Crippen LogP contribution in [0.2, 0.25) is 0 Å². The second kappa shape index (κ2) is 10.3. The summed E-state index contributed by atoms with van der Waals surface area (Å²) < 4.78 is 39.0. The fourth-order valence-corrected chi connectivity index (χ4v) is 6.81. The third-order valence-electron chi connectivity index (χ3n) is 7.12. The Morgan fingerprint density at radius 3 is 2.29 bits per heavy atom. The number of fused-ring (bicyclic) bond motifs is 1. The van der Waals surface area contributed by atoms with Gasteiger partial charge in [-0.3, -0.25) is 9.59 Å². The third-order valence-corrected chi connectivity index (χ3v) is 9.01. The molecular formula is C25H36N2O6S. The molecule has 9 heteroatoms. The zero-order chi connectivity index (χ0) is 24.5. The van der Waals surface area contributed by atoms with Crippen molar-refractivity contribution in [1.29, 1.82) is 0 Å². The van der Waals surface area contributed by atoms with Crippen molar-refractivity contribution in [2.45, 2.75) is 82.5 Å². The second-order valence-corrected chi connectivity index (χ2v) is 11.8. The molecule has 3 atom stereocenters. The SMILES string of the molecule is CC1CN(C(=O)C(C)OC(=O)C2CCN(S(=O)(=O)c3ccc4c(c3)CCCC4)CC2)CC(C)O1. The first-order valence-corrected chi connectivity index (χ1v) is 13.9. The lowest BCUT2D eigenvalue weighted by atomic mass is 9.92. The molecule has 1 aliphatic carbocycles. The van der Waals surface area contributed by atoms with Crippen molar-refractivity contribution < 1.29 is 27.5 Å². The van der Waals surface area contributed by atoms with Gasteiger partial charge in [-0.25, -0.2) is 8.42 Å². The summed E-state index contributed by atoms with van der Waals surface area (Å²) in [5, 5.41) is 0. The van der Waals surface area contributed by atoms with Crippen LogP contribution < -0.4 is 0 Å². The minimum Gasteiger partial charge on any atom is -0.452 e. The van der Waals surface area contributed by atoms with Crippen LogP contribution in [0.1, 0.15) is 57.6 Å². The molecule has 8 nitrogen and oxygen atoms in total. The van der Waals surface area contributed by atoms with Gasteiger partial charge in [0, 0.05) is 26.2 Å². The quantitative estimate of drug-likeness (QED) is 0.587. The molecule has 2 saturated heterocycles. The topological polar surface area (TPSA) is 93.2 Å². The van der Waals surface area contributed by atoms with Gasteiger partial charge in [-0.05, 0) is 82.6 Å². The Hall–Kier alpha value is -1.97. The Morgan fingerprint density at radius 2 is 1.65 bits per heavy atom. The van der Waals surface area contributed by atoms with Crippen molar-refractivity contribution >= 4 is 21.9 Å². The Balaban J connectivity index is 1.31.